The molecule has 0 bridgehead atoms. The Morgan fingerprint density at radius 1 is 0.368 bits per heavy atom. The molecule has 2 aliphatic carbocycles. The molecule has 0 radical (unpaired) electrons. The average molecular weight is 734 g/mol. The maximum Gasteiger partial charge on any atom is 0.137 e. The van der Waals surface area contributed by atoms with E-state index in [9.17, 15) is 0 Å². The number of fused-ring (bicyclic) bond motifs is 12. The van der Waals surface area contributed by atoms with Gasteiger partial charge in [0.15, 0.2) is 0 Å². The fourth-order valence-electron chi connectivity index (χ4n) is 10.3. The van der Waals surface area contributed by atoms with Gasteiger partial charge in [-0.1, -0.05) is 137 Å². The number of rotatable bonds is 4. The molecular weight excluding hydrogens is 695 g/mol. The van der Waals surface area contributed by atoms with Crippen molar-refractivity contribution in [3.8, 4) is 33.4 Å². The molecule has 2 heterocycles. The van der Waals surface area contributed by atoms with Crippen molar-refractivity contribution >= 4 is 60.9 Å². The molecule has 0 unspecified atom stereocenters. The number of nitrogens with zero attached hydrogens (tertiary/aromatic N) is 1. The Morgan fingerprint density at radius 2 is 0.842 bits per heavy atom. The Balaban J connectivity index is 1.11. The van der Waals surface area contributed by atoms with Crippen molar-refractivity contribution in [3.63, 3.8) is 0 Å². The van der Waals surface area contributed by atoms with E-state index in [1.165, 1.54) is 44.5 Å². The molecule has 8 aromatic carbocycles. The van der Waals surface area contributed by atoms with E-state index in [0.717, 1.165) is 72.1 Å². The summed E-state index contributed by atoms with van der Waals surface area (Å²) in [6.45, 7) is 9.42. The summed E-state index contributed by atoms with van der Waals surface area (Å²) in [4.78, 5) is 2.45. The van der Waals surface area contributed by atoms with Crippen LogP contribution in [0.5, 0.6) is 0 Å². The van der Waals surface area contributed by atoms with Crippen LogP contribution in [0.15, 0.2) is 173 Å². The lowest BCUT2D eigenvalue weighted by Gasteiger charge is -2.30. The van der Waals surface area contributed by atoms with Gasteiger partial charge >= 0.3 is 0 Å². The maximum atomic E-state index is 6.82. The summed E-state index contributed by atoms with van der Waals surface area (Å²) in [5.41, 5.74) is 19.4. The standard InChI is InChI=1S/C54H39NO2/c1-53(2)42-19-10-8-16-36(42)38-26-24-33(28-44(38)53)55(34-25-27-39-37-17-9-11-20-43(37)54(3,4)45(39)29-34)46-21-13-23-48-52(46)41-31-49-40(30-50(41)57-48)51-35(18-12-22-47(51)56-49)32-14-6-5-7-15-32/h5-31H,1-4H3. The highest BCUT2D eigenvalue weighted by molar-refractivity contribution is 6.20. The van der Waals surface area contributed by atoms with Crippen LogP contribution in [0.3, 0.4) is 0 Å². The zero-order valence-corrected chi connectivity index (χ0v) is 32.4. The first-order chi connectivity index (χ1) is 27.8. The molecule has 3 heteroatoms. The lowest BCUT2D eigenvalue weighted by Crippen LogP contribution is -2.18. The minimum Gasteiger partial charge on any atom is -0.456 e. The van der Waals surface area contributed by atoms with E-state index >= 15 is 0 Å². The van der Waals surface area contributed by atoms with E-state index in [0.29, 0.717) is 0 Å². The monoisotopic (exact) mass is 733 g/mol. The second kappa shape index (κ2) is 11.4. The molecule has 2 aliphatic rings. The molecule has 10 aromatic rings. The molecular formula is C54H39NO2. The Hall–Kier alpha value is -6.84. The summed E-state index contributed by atoms with van der Waals surface area (Å²) < 4.78 is 13.5. The van der Waals surface area contributed by atoms with E-state index in [-0.39, 0.29) is 10.8 Å². The van der Waals surface area contributed by atoms with Gasteiger partial charge in [0.05, 0.1) is 11.1 Å². The van der Waals surface area contributed by atoms with E-state index in [4.69, 9.17) is 8.83 Å². The summed E-state index contributed by atoms with van der Waals surface area (Å²) in [7, 11) is 0. The average Bonchev–Trinajstić information content (AvgIpc) is 3.93. The fourth-order valence-corrected chi connectivity index (χ4v) is 10.3. The van der Waals surface area contributed by atoms with Gasteiger partial charge in [-0.15, -0.1) is 0 Å². The van der Waals surface area contributed by atoms with E-state index in [1.807, 2.05) is 0 Å². The van der Waals surface area contributed by atoms with Gasteiger partial charge in [0, 0.05) is 38.4 Å². The van der Waals surface area contributed by atoms with E-state index in [1.54, 1.807) is 0 Å². The van der Waals surface area contributed by atoms with Crippen LogP contribution in [0, 0.1) is 0 Å². The van der Waals surface area contributed by atoms with Crippen molar-refractivity contribution in [2.75, 3.05) is 4.90 Å². The molecule has 0 amide bonds. The number of benzene rings is 8. The summed E-state index contributed by atoms with van der Waals surface area (Å²) in [6.07, 6.45) is 0. The third-order valence-electron chi connectivity index (χ3n) is 13.1. The topological polar surface area (TPSA) is 29.5 Å². The second-order valence-electron chi connectivity index (χ2n) is 16.9. The van der Waals surface area contributed by atoms with Gasteiger partial charge in [-0.05, 0) is 110 Å². The van der Waals surface area contributed by atoms with Crippen LogP contribution in [-0.2, 0) is 10.8 Å². The normalized spacial score (nSPS) is 14.6. The van der Waals surface area contributed by atoms with Gasteiger partial charge in [0.1, 0.15) is 22.3 Å². The largest absolute Gasteiger partial charge is 0.456 e. The summed E-state index contributed by atoms with van der Waals surface area (Å²) in [6, 6.07) is 59.5. The minimum absolute atomic E-state index is 0.144. The Kier molecular flexibility index (Phi) is 6.46. The molecule has 2 aromatic heterocycles. The first-order valence-corrected chi connectivity index (χ1v) is 19.9. The predicted molar refractivity (Wildman–Crippen MR) is 236 cm³/mol. The van der Waals surface area contributed by atoms with E-state index < -0.39 is 0 Å². The minimum atomic E-state index is -0.144. The molecule has 0 N–H and O–H groups in total. The zero-order valence-electron chi connectivity index (χ0n) is 32.4. The highest BCUT2D eigenvalue weighted by atomic mass is 16.3. The van der Waals surface area contributed by atoms with Crippen LogP contribution in [0.1, 0.15) is 49.9 Å². The van der Waals surface area contributed by atoms with Crippen LogP contribution in [0.4, 0.5) is 17.1 Å². The SMILES string of the molecule is CC1(C)c2ccccc2-c2ccc(N(c3ccc4c(c3)C(C)(C)c3ccccc3-4)c3cccc4oc5cc6c(cc5c34)oc3cccc(-c4ccccc4)c36)cc21. The first kappa shape index (κ1) is 32.4. The molecule has 12 rings (SSSR count). The van der Waals surface area contributed by atoms with Crippen LogP contribution in [0.2, 0.25) is 0 Å². The maximum absolute atomic E-state index is 6.82. The molecule has 0 saturated carbocycles. The molecule has 272 valence electrons. The molecule has 0 atom stereocenters. The molecule has 0 saturated heterocycles. The molecule has 0 fully saturated rings. The predicted octanol–water partition coefficient (Wildman–Crippen LogP) is 15.2. The van der Waals surface area contributed by atoms with Crippen molar-refractivity contribution in [2.24, 2.45) is 0 Å². The van der Waals surface area contributed by atoms with Crippen molar-refractivity contribution in [3.05, 3.63) is 186 Å². The van der Waals surface area contributed by atoms with Crippen molar-refractivity contribution in [2.45, 2.75) is 38.5 Å². The third kappa shape index (κ3) is 4.43. The van der Waals surface area contributed by atoms with Gasteiger partial charge in [-0.2, -0.15) is 0 Å². The Labute approximate surface area is 331 Å². The van der Waals surface area contributed by atoms with Crippen LogP contribution < -0.4 is 4.90 Å². The summed E-state index contributed by atoms with van der Waals surface area (Å²) in [5, 5.41) is 4.24. The lowest BCUT2D eigenvalue weighted by atomic mass is 9.82. The summed E-state index contributed by atoms with van der Waals surface area (Å²) in [5.74, 6) is 0. The molecule has 3 nitrogen and oxygen atoms in total. The number of hydrogen-bond acceptors (Lipinski definition) is 3. The van der Waals surface area contributed by atoms with Crippen molar-refractivity contribution in [1.82, 2.24) is 0 Å². The number of anilines is 3. The zero-order chi connectivity index (χ0) is 38.2. The quantitative estimate of drug-likeness (QED) is 0.180. The highest BCUT2D eigenvalue weighted by Crippen LogP contribution is 2.54. The van der Waals surface area contributed by atoms with Crippen LogP contribution >= 0.6 is 0 Å². The van der Waals surface area contributed by atoms with E-state index in [2.05, 4.69) is 196 Å². The van der Waals surface area contributed by atoms with Crippen LogP contribution in [-0.4, -0.2) is 0 Å². The fraction of sp³-hybridized carbons (Fsp3) is 0.111. The van der Waals surface area contributed by atoms with Gasteiger partial charge < -0.3 is 13.7 Å². The number of furan rings is 2. The highest BCUT2D eigenvalue weighted by Gasteiger charge is 2.38. The Morgan fingerprint density at radius 3 is 1.44 bits per heavy atom. The number of hydrogen-bond donors (Lipinski definition) is 0. The van der Waals surface area contributed by atoms with Gasteiger partial charge in [-0.25, -0.2) is 0 Å². The van der Waals surface area contributed by atoms with Gasteiger partial charge in [0.25, 0.3) is 0 Å². The lowest BCUT2D eigenvalue weighted by molar-refractivity contribution is 0.660. The van der Waals surface area contributed by atoms with Crippen LogP contribution in [0.25, 0.3) is 77.3 Å². The third-order valence-corrected chi connectivity index (χ3v) is 13.1. The van der Waals surface area contributed by atoms with Gasteiger partial charge in [0.2, 0.25) is 0 Å². The Bertz CT molecular complexity index is 3200. The van der Waals surface area contributed by atoms with Gasteiger partial charge in [-0.3, -0.25) is 0 Å². The molecule has 0 spiro atoms. The molecule has 57 heavy (non-hydrogen) atoms. The first-order valence-electron chi connectivity index (χ1n) is 19.9. The van der Waals surface area contributed by atoms with Crippen molar-refractivity contribution in [1.29, 1.82) is 0 Å². The smallest absolute Gasteiger partial charge is 0.137 e. The van der Waals surface area contributed by atoms with Crippen molar-refractivity contribution < 1.29 is 8.83 Å². The summed E-state index contributed by atoms with van der Waals surface area (Å²) >= 11 is 0. The molecule has 0 aliphatic heterocycles. The second-order valence-corrected chi connectivity index (χ2v) is 16.9.